The fraction of sp³-hybridized carbons (Fsp3) is 0.140. The van der Waals surface area contributed by atoms with Crippen LogP contribution in [0.25, 0.3) is 22.3 Å². The average Bonchev–Trinajstić information content (AvgIpc) is 3.14. The highest BCUT2D eigenvalue weighted by molar-refractivity contribution is 6.02. The number of amidine groups is 1. The number of benzene rings is 6. The normalized spacial score (nSPS) is 15.8. The van der Waals surface area contributed by atoms with Gasteiger partial charge >= 0.3 is 0 Å². The third kappa shape index (κ3) is 4.71. The van der Waals surface area contributed by atoms with Crippen LogP contribution in [-0.4, -0.2) is 5.84 Å². The summed E-state index contributed by atoms with van der Waals surface area (Å²) < 4.78 is 6.39. The Balaban J connectivity index is 1.06. The lowest BCUT2D eigenvalue weighted by molar-refractivity contribution is 0.375. The van der Waals surface area contributed by atoms with Crippen LogP contribution in [0, 0.1) is 0 Å². The molecule has 2 heterocycles. The highest BCUT2D eigenvalue weighted by Crippen LogP contribution is 2.52. The van der Waals surface area contributed by atoms with Gasteiger partial charge in [0.05, 0.1) is 11.7 Å². The number of fused-ring (bicyclic) bond motifs is 3. The quantitative estimate of drug-likeness (QED) is 0.207. The van der Waals surface area contributed by atoms with E-state index < -0.39 is 0 Å². The van der Waals surface area contributed by atoms with E-state index >= 15 is 0 Å². The molecule has 0 fully saturated rings. The zero-order valence-corrected chi connectivity index (χ0v) is 26.2. The first-order valence-electron chi connectivity index (χ1n) is 16.3. The first-order chi connectivity index (χ1) is 22.7. The molecule has 0 bridgehead atoms. The topological polar surface area (TPSA) is 33.6 Å². The number of nitrogens with zero attached hydrogens (tertiary/aromatic N) is 1. The van der Waals surface area contributed by atoms with Crippen molar-refractivity contribution in [1.82, 2.24) is 5.32 Å². The maximum atomic E-state index is 6.39. The molecule has 3 nitrogen and oxygen atoms in total. The summed E-state index contributed by atoms with van der Waals surface area (Å²) in [6.07, 6.45) is 2.05. The van der Waals surface area contributed by atoms with Crippen molar-refractivity contribution in [1.29, 1.82) is 0 Å². The Morgan fingerprint density at radius 1 is 0.565 bits per heavy atom. The van der Waals surface area contributed by atoms with Crippen LogP contribution in [0.5, 0.6) is 11.5 Å². The molecule has 3 heteroatoms. The molecule has 1 atom stereocenters. The molecule has 8 rings (SSSR count). The first-order valence-corrected chi connectivity index (χ1v) is 16.3. The van der Waals surface area contributed by atoms with Crippen LogP contribution >= 0.6 is 0 Å². The number of nitrogens with one attached hydrogen (secondary N) is 1. The Morgan fingerprint density at radius 3 is 1.85 bits per heavy atom. The molecule has 0 spiro atoms. The van der Waals surface area contributed by atoms with Crippen molar-refractivity contribution < 1.29 is 4.74 Å². The molecule has 224 valence electrons. The molecule has 6 aromatic carbocycles. The van der Waals surface area contributed by atoms with Crippen molar-refractivity contribution in [2.75, 3.05) is 0 Å². The number of aliphatic imine (C=N–C) groups is 1. The molecule has 46 heavy (non-hydrogen) atoms. The molecule has 0 saturated carbocycles. The summed E-state index contributed by atoms with van der Waals surface area (Å²) in [5.74, 6) is 2.84. The van der Waals surface area contributed by atoms with Gasteiger partial charge in [0.2, 0.25) is 0 Å². The molecule has 1 unspecified atom stereocenters. The predicted molar refractivity (Wildman–Crippen MR) is 189 cm³/mol. The minimum atomic E-state index is -0.0530. The fourth-order valence-electron chi connectivity index (χ4n) is 7.33. The van der Waals surface area contributed by atoms with E-state index in [-0.39, 0.29) is 11.5 Å². The monoisotopic (exact) mass is 596 g/mol. The van der Waals surface area contributed by atoms with Crippen molar-refractivity contribution in [3.8, 4) is 33.8 Å². The second-order valence-corrected chi connectivity index (χ2v) is 12.3. The molecule has 0 amide bonds. The summed E-state index contributed by atoms with van der Waals surface area (Å²) in [6.45, 7) is 4.58. The van der Waals surface area contributed by atoms with Crippen LogP contribution < -0.4 is 10.1 Å². The predicted octanol–water partition coefficient (Wildman–Crippen LogP) is 11.0. The third-order valence-electron chi connectivity index (χ3n) is 9.93. The molecule has 6 aromatic rings. The van der Waals surface area contributed by atoms with E-state index in [4.69, 9.17) is 9.73 Å². The minimum Gasteiger partial charge on any atom is -0.457 e. The summed E-state index contributed by atoms with van der Waals surface area (Å²) >= 11 is 0. The van der Waals surface area contributed by atoms with Gasteiger partial charge in [-0.2, -0.15) is 0 Å². The SMILES string of the molecule is CCC1(CC)c2ccccc2Oc2ccc(-c3ccc(-c4ccc(C5=Nc6ccccc6C(c6ccccc6)N5)cc4)cc3)cc21. The van der Waals surface area contributed by atoms with Crippen LogP contribution in [0.1, 0.15) is 60.5 Å². The van der Waals surface area contributed by atoms with Gasteiger partial charge < -0.3 is 10.1 Å². The number of hydrogen-bond acceptors (Lipinski definition) is 3. The maximum Gasteiger partial charge on any atom is 0.134 e. The van der Waals surface area contributed by atoms with Crippen LogP contribution in [0.4, 0.5) is 5.69 Å². The Hall–Kier alpha value is -5.41. The summed E-state index contributed by atoms with van der Waals surface area (Å²) in [5, 5.41) is 3.71. The Labute approximate surface area is 271 Å². The van der Waals surface area contributed by atoms with Crippen LogP contribution in [0.3, 0.4) is 0 Å². The van der Waals surface area contributed by atoms with Crippen LogP contribution in [-0.2, 0) is 5.41 Å². The molecule has 1 N–H and O–H groups in total. The fourth-order valence-corrected chi connectivity index (χ4v) is 7.33. The lowest BCUT2D eigenvalue weighted by atomic mass is 9.68. The van der Waals surface area contributed by atoms with Crippen LogP contribution in [0.15, 0.2) is 151 Å². The first kappa shape index (κ1) is 28.1. The van der Waals surface area contributed by atoms with Crippen molar-refractivity contribution in [3.05, 3.63) is 173 Å². The molecule has 2 aliphatic rings. The Kier molecular flexibility index (Phi) is 7.02. The summed E-state index contributed by atoms with van der Waals surface area (Å²) in [4.78, 5) is 5.00. The summed E-state index contributed by atoms with van der Waals surface area (Å²) in [7, 11) is 0. The van der Waals surface area contributed by atoms with Gasteiger partial charge in [-0.1, -0.05) is 135 Å². The summed E-state index contributed by atoms with van der Waals surface area (Å²) in [6, 6.07) is 51.9. The van der Waals surface area contributed by atoms with E-state index in [1.807, 2.05) is 0 Å². The van der Waals surface area contributed by atoms with E-state index in [9.17, 15) is 0 Å². The second-order valence-electron chi connectivity index (χ2n) is 12.3. The van der Waals surface area contributed by atoms with Crippen LogP contribution in [0.2, 0.25) is 0 Å². The highest BCUT2D eigenvalue weighted by Gasteiger charge is 2.39. The van der Waals surface area contributed by atoms with E-state index in [1.54, 1.807) is 0 Å². The van der Waals surface area contributed by atoms with Gasteiger partial charge in [0.25, 0.3) is 0 Å². The van der Waals surface area contributed by atoms with Crippen molar-refractivity contribution in [2.24, 2.45) is 4.99 Å². The molecular weight excluding hydrogens is 560 g/mol. The van der Waals surface area contributed by atoms with Crippen molar-refractivity contribution >= 4 is 11.5 Å². The average molecular weight is 597 g/mol. The van der Waals surface area contributed by atoms with Crippen molar-refractivity contribution in [3.63, 3.8) is 0 Å². The Morgan fingerprint density at radius 2 is 1.13 bits per heavy atom. The lowest BCUT2D eigenvalue weighted by Crippen LogP contribution is -2.32. The van der Waals surface area contributed by atoms with E-state index in [0.717, 1.165) is 41.4 Å². The number of para-hydroxylation sites is 2. The van der Waals surface area contributed by atoms with Gasteiger partial charge in [0.15, 0.2) is 0 Å². The largest absolute Gasteiger partial charge is 0.457 e. The lowest BCUT2D eigenvalue weighted by Gasteiger charge is -2.39. The zero-order valence-electron chi connectivity index (χ0n) is 26.2. The molecule has 0 radical (unpaired) electrons. The second kappa shape index (κ2) is 11.5. The van der Waals surface area contributed by atoms with Gasteiger partial charge in [-0.15, -0.1) is 0 Å². The maximum absolute atomic E-state index is 6.39. The van der Waals surface area contributed by atoms with Gasteiger partial charge in [0, 0.05) is 27.7 Å². The Bertz CT molecular complexity index is 2060. The van der Waals surface area contributed by atoms with Gasteiger partial charge in [-0.05, 0) is 64.9 Å². The summed E-state index contributed by atoms with van der Waals surface area (Å²) in [5.41, 5.74) is 11.8. The van der Waals surface area contributed by atoms with E-state index in [2.05, 4.69) is 165 Å². The van der Waals surface area contributed by atoms with Crippen molar-refractivity contribution in [2.45, 2.75) is 38.1 Å². The zero-order chi connectivity index (χ0) is 31.1. The number of ether oxygens (including phenoxy) is 1. The molecule has 0 aromatic heterocycles. The molecule has 0 saturated heterocycles. The minimum absolute atomic E-state index is 0.0530. The van der Waals surface area contributed by atoms with Gasteiger partial charge in [0.1, 0.15) is 17.3 Å². The number of hydrogen-bond donors (Lipinski definition) is 1. The third-order valence-corrected chi connectivity index (χ3v) is 9.93. The highest BCUT2D eigenvalue weighted by atomic mass is 16.5. The number of rotatable bonds is 6. The van der Waals surface area contributed by atoms with Gasteiger partial charge in [-0.3, -0.25) is 0 Å². The van der Waals surface area contributed by atoms with E-state index in [1.165, 1.54) is 44.5 Å². The molecule has 2 aliphatic heterocycles. The van der Waals surface area contributed by atoms with E-state index in [0.29, 0.717) is 0 Å². The van der Waals surface area contributed by atoms with Gasteiger partial charge in [-0.25, -0.2) is 4.99 Å². The standard InChI is InChI=1S/C43H36N2O/c1-3-43(4-2)36-15-9-11-17-39(36)46-40-27-26-34(28-37(40)43)31-20-18-29(19-21-31)30-22-24-33(25-23-30)42-44-38-16-10-8-14-35(38)41(45-42)32-12-6-5-7-13-32/h5-28,41H,3-4H2,1-2H3,(H,44,45). The molecular formula is C43H36N2O. The molecule has 0 aliphatic carbocycles. The smallest absolute Gasteiger partial charge is 0.134 e.